The number of pyridine rings is 1. The number of hydrogen-bond acceptors (Lipinski definition) is 3. The van der Waals surface area contributed by atoms with Crippen LogP contribution in [-0.4, -0.2) is 28.9 Å². The first-order valence-electron chi connectivity index (χ1n) is 7.46. The first-order chi connectivity index (χ1) is 10.7. The Kier molecular flexibility index (Phi) is 4.59. The second kappa shape index (κ2) is 6.79. The molecule has 1 amide bonds. The number of carbonyl (C=O) groups is 1. The number of nitrogens with zero attached hydrogens (tertiary/aromatic N) is 2. The maximum Gasteiger partial charge on any atom is 0.272 e. The molecule has 1 aliphatic rings. The van der Waals surface area contributed by atoms with Crippen molar-refractivity contribution in [3.05, 3.63) is 58.9 Å². The molecule has 1 N–H and O–H groups in total. The Morgan fingerprint density at radius 2 is 1.95 bits per heavy atom. The van der Waals surface area contributed by atoms with E-state index in [1.165, 1.54) is 0 Å². The number of carbonyl (C=O) groups excluding carboxylic acids is 1. The van der Waals surface area contributed by atoms with Crippen LogP contribution < -0.4 is 5.32 Å². The number of halogens is 1. The van der Waals surface area contributed by atoms with Crippen molar-refractivity contribution < 1.29 is 4.79 Å². The van der Waals surface area contributed by atoms with Gasteiger partial charge in [-0.25, -0.2) is 4.98 Å². The molecule has 0 atom stereocenters. The highest BCUT2D eigenvalue weighted by Crippen LogP contribution is 2.17. The highest BCUT2D eigenvalue weighted by molar-refractivity contribution is 6.31. The van der Waals surface area contributed by atoms with Crippen LogP contribution in [0.1, 0.15) is 28.9 Å². The quantitative estimate of drug-likeness (QED) is 0.938. The fourth-order valence-electron chi connectivity index (χ4n) is 2.55. The minimum Gasteiger partial charge on any atom is -0.380 e. The molecule has 114 valence electrons. The normalized spacial score (nSPS) is 14.1. The van der Waals surface area contributed by atoms with Crippen molar-refractivity contribution in [1.29, 1.82) is 0 Å². The van der Waals surface area contributed by atoms with Crippen molar-refractivity contribution in [3.8, 4) is 0 Å². The average Bonchev–Trinajstić information content (AvgIpc) is 3.08. The molecule has 5 heteroatoms. The summed E-state index contributed by atoms with van der Waals surface area (Å²) in [4.78, 5) is 18.3. The van der Waals surface area contributed by atoms with Crippen LogP contribution in [0, 0.1) is 0 Å². The molecule has 2 heterocycles. The Bertz CT molecular complexity index is 651. The fourth-order valence-corrected chi connectivity index (χ4v) is 2.75. The van der Waals surface area contributed by atoms with Crippen molar-refractivity contribution >= 4 is 23.2 Å². The van der Waals surface area contributed by atoms with E-state index in [1.54, 1.807) is 12.3 Å². The van der Waals surface area contributed by atoms with Gasteiger partial charge in [0.1, 0.15) is 5.69 Å². The van der Waals surface area contributed by atoms with E-state index < -0.39 is 0 Å². The second-order valence-electron chi connectivity index (χ2n) is 5.38. The molecule has 0 radical (unpaired) electrons. The zero-order valence-corrected chi connectivity index (χ0v) is 13.0. The van der Waals surface area contributed by atoms with Gasteiger partial charge in [-0.3, -0.25) is 4.79 Å². The number of rotatable bonds is 4. The molecule has 0 saturated carbocycles. The standard InChI is InChI=1S/C17H18ClN3O/c18-15-6-2-1-5-13(15)11-19-14-7-8-16(20-12-14)17(22)21-9-3-4-10-21/h1-2,5-8,12,19H,3-4,9-11H2. The van der Waals surface area contributed by atoms with Crippen LogP contribution in [0.25, 0.3) is 0 Å². The van der Waals surface area contributed by atoms with Gasteiger partial charge in [0.25, 0.3) is 5.91 Å². The number of benzene rings is 1. The monoisotopic (exact) mass is 315 g/mol. The van der Waals surface area contributed by atoms with E-state index >= 15 is 0 Å². The Labute approximate surface area is 135 Å². The molecule has 2 aromatic rings. The summed E-state index contributed by atoms with van der Waals surface area (Å²) >= 11 is 6.12. The van der Waals surface area contributed by atoms with Gasteiger partial charge in [-0.1, -0.05) is 29.8 Å². The van der Waals surface area contributed by atoms with Gasteiger partial charge in [-0.15, -0.1) is 0 Å². The first-order valence-corrected chi connectivity index (χ1v) is 7.84. The van der Waals surface area contributed by atoms with Gasteiger partial charge >= 0.3 is 0 Å². The predicted molar refractivity (Wildman–Crippen MR) is 88.2 cm³/mol. The summed E-state index contributed by atoms with van der Waals surface area (Å²) in [6.45, 7) is 2.31. The molecule has 0 unspecified atom stereocenters. The van der Waals surface area contributed by atoms with Crippen LogP contribution in [-0.2, 0) is 6.54 Å². The van der Waals surface area contributed by atoms with Crippen molar-refractivity contribution in [2.45, 2.75) is 19.4 Å². The number of anilines is 1. The highest BCUT2D eigenvalue weighted by Gasteiger charge is 2.20. The lowest BCUT2D eigenvalue weighted by atomic mass is 10.2. The molecule has 1 aromatic heterocycles. The SMILES string of the molecule is O=C(c1ccc(NCc2ccccc2Cl)cn1)N1CCCC1. The molecule has 0 aliphatic carbocycles. The number of aromatic nitrogens is 1. The lowest BCUT2D eigenvalue weighted by Gasteiger charge is -2.14. The van der Waals surface area contributed by atoms with Crippen molar-refractivity contribution in [2.75, 3.05) is 18.4 Å². The maximum absolute atomic E-state index is 12.2. The van der Waals surface area contributed by atoms with Crippen LogP contribution in [0.2, 0.25) is 5.02 Å². The van der Waals surface area contributed by atoms with E-state index in [0.29, 0.717) is 12.2 Å². The topological polar surface area (TPSA) is 45.2 Å². The fraction of sp³-hybridized carbons (Fsp3) is 0.294. The van der Waals surface area contributed by atoms with Crippen LogP contribution in [0.3, 0.4) is 0 Å². The summed E-state index contributed by atoms with van der Waals surface area (Å²) in [7, 11) is 0. The van der Waals surface area contributed by atoms with Crippen LogP contribution >= 0.6 is 11.6 Å². The largest absolute Gasteiger partial charge is 0.380 e. The number of likely N-dealkylation sites (tertiary alicyclic amines) is 1. The molecule has 3 rings (SSSR count). The van der Waals surface area contributed by atoms with Gasteiger partial charge in [0.2, 0.25) is 0 Å². The highest BCUT2D eigenvalue weighted by atomic mass is 35.5. The van der Waals surface area contributed by atoms with E-state index in [2.05, 4.69) is 10.3 Å². The molecule has 0 spiro atoms. The minimum absolute atomic E-state index is 0.0233. The number of amides is 1. The average molecular weight is 316 g/mol. The van der Waals surface area contributed by atoms with Gasteiger partial charge in [0.15, 0.2) is 0 Å². The molecular weight excluding hydrogens is 298 g/mol. The van der Waals surface area contributed by atoms with Crippen molar-refractivity contribution in [1.82, 2.24) is 9.88 Å². The van der Waals surface area contributed by atoms with Crippen molar-refractivity contribution in [2.24, 2.45) is 0 Å². The predicted octanol–water partition coefficient (Wildman–Crippen LogP) is 3.58. The van der Waals surface area contributed by atoms with Crippen LogP contribution in [0.5, 0.6) is 0 Å². The van der Waals surface area contributed by atoms with Crippen molar-refractivity contribution in [3.63, 3.8) is 0 Å². The molecule has 0 bridgehead atoms. The van der Waals surface area contributed by atoms with Gasteiger partial charge in [-0.05, 0) is 36.6 Å². The van der Waals surface area contributed by atoms with E-state index in [-0.39, 0.29) is 5.91 Å². The maximum atomic E-state index is 12.2. The summed E-state index contributed by atoms with van der Waals surface area (Å²) in [6, 6.07) is 11.4. The summed E-state index contributed by atoms with van der Waals surface area (Å²) in [6.07, 6.45) is 3.87. The third-order valence-electron chi connectivity index (χ3n) is 3.82. The van der Waals surface area contributed by atoms with Gasteiger partial charge < -0.3 is 10.2 Å². The second-order valence-corrected chi connectivity index (χ2v) is 5.78. The van der Waals surface area contributed by atoms with Gasteiger partial charge in [-0.2, -0.15) is 0 Å². The minimum atomic E-state index is 0.0233. The molecule has 22 heavy (non-hydrogen) atoms. The molecule has 1 saturated heterocycles. The molecule has 1 fully saturated rings. The number of hydrogen-bond donors (Lipinski definition) is 1. The zero-order chi connectivity index (χ0) is 15.4. The van der Waals surface area contributed by atoms with Gasteiger partial charge in [0.05, 0.1) is 11.9 Å². The summed E-state index contributed by atoms with van der Waals surface area (Å²) in [5.41, 5.74) is 2.41. The smallest absolute Gasteiger partial charge is 0.272 e. The molecule has 1 aliphatic heterocycles. The Morgan fingerprint density at radius 3 is 2.64 bits per heavy atom. The van der Waals surface area contributed by atoms with Crippen LogP contribution in [0.4, 0.5) is 5.69 Å². The molecular formula is C17H18ClN3O. The lowest BCUT2D eigenvalue weighted by molar-refractivity contribution is 0.0787. The van der Waals surface area contributed by atoms with Crippen LogP contribution in [0.15, 0.2) is 42.6 Å². The lowest BCUT2D eigenvalue weighted by Crippen LogP contribution is -2.28. The third kappa shape index (κ3) is 3.39. The van der Waals surface area contributed by atoms with E-state index in [0.717, 1.165) is 42.2 Å². The Balaban J connectivity index is 1.62. The zero-order valence-electron chi connectivity index (χ0n) is 12.3. The summed E-state index contributed by atoms with van der Waals surface area (Å²) in [5, 5.41) is 4.01. The van der Waals surface area contributed by atoms with Gasteiger partial charge in [0, 0.05) is 24.7 Å². The number of nitrogens with one attached hydrogen (secondary N) is 1. The molecule has 4 nitrogen and oxygen atoms in total. The van der Waals surface area contributed by atoms with E-state index in [4.69, 9.17) is 11.6 Å². The van der Waals surface area contributed by atoms with E-state index in [1.807, 2.05) is 35.2 Å². The Morgan fingerprint density at radius 1 is 1.18 bits per heavy atom. The summed E-state index contributed by atoms with van der Waals surface area (Å²) < 4.78 is 0. The van der Waals surface area contributed by atoms with E-state index in [9.17, 15) is 4.79 Å². The molecule has 1 aromatic carbocycles. The Hall–Kier alpha value is -2.07. The first kappa shape index (κ1) is 14.9. The third-order valence-corrected chi connectivity index (χ3v) is 4.19. The summed E-state index contributed by atoms with van der Waals surface area (Å²) in [5.74, 6) is 0.0233.